The van der Waals surface area contributed by atoms with Gasteiger partial charge in [0.05, 0.1) is 5.02 Å². The summed E-state index contributed by atoms with van der Waals surface area (Å²) in [5.74, 6) is 1.26. The fourth-order valence-electron chi connectivity index (χ4n) is 3.53. The van der Waals surface area contributed by atoms with Crippen LogP contribution in [0.3, 0.4) is 0 Å². The van der Waals surface area contributed by atoms with Gasteiger partial charge in [-0.3, -0.25) is 4.79 Å². The molecule has 1 amide bonds. The molecule has 1 aromatic carbocycles. The first-order chi connectivity index (χ1) is 11.1. The maximum Gasteiger partial charge on any atom is 0.225 e. The van der Waals surface area contributed by atoms with Crippen LogP contribution in [-0.4, -0.2) is 42.6 Å². The fourth-order valence-corrected chi connectivity index (χ4v) is 3.71. The van der Waals surface area contributed by atoms with Gasteiger partial charge in [-0.05, 0) is 38.4 Å². The summed E-state index contributed by atoms with van der Waals surface area (Å²) in [6.45, 7) is 4.67. The summed E-state index contributed by atoms with van der Waals surface area (Å²) in [5, 5.41) is 4.05. The van der Waals surface area contributed by atoms with E-state index in [2.05, 4.69) is 12.2 Å². The van der Waals surface area contributed by atoms with Crippen LogP contribution in [0.5, 0.6) is 5.75 Å². The molecule has 0 bridgehead atoms. The van der Waals surface area contributed by atoms with Crippen LogP contribution in [0, 0.1) is 5.92 Å². The number of likely N-dealkylation sites (tertiary alicyclic amines) is 1. The summed E-state index contributed by atoms with van der Waals surface area (Å²) in [6.07, 6.45) is 3.80. The van der Waals surface area contributed by atoms with Crippen molar-refractivity contribution < 1.29 is 9.53 Å². The number of nitrogens with zero attached hydrogens (tertiary/aromatic N) is 1. The molecular weight excluding hydrogens is 347 g/mol. The Morgan fingerprint density at radius 3 is 2.62 bits per heavy atom. The Balaban J connectivity index is 0.00000208. The summed E-state index contributed by atoms with van der Waals surface area (Å²) in [5.41, 5.74) is 0. The van der Waals surface area contributed by atoms with Crippen LogP contribution in [0.25, 0.3) is 0 Å². The molecule has 1 N–H and O–H groups in total. The number of benzene rings is 1. The number of rotatable bonds is 3. The molecule has 1 aromatic rings. The van der Waals surface area contributed by atoms with Gasteiger partial charge >= 0.3 is 0 Å². The van der Waals surface area contributed by atoms with Crippen LogP contribution in [0.1, 0.15) is 32.6 Å². The van der Waals surface area contributed by atoms with Gasteiger partial charge in [0, 0.05) is 37.9 Å². The smallest absolute Gasteiger partial charge is 0.225 e. The number of hydrogen-bond donors (Lipinski definition) is 1. The van der Waals surface area contributed by atoms with E-state index in [1.807, 2.05) is 29.2 Å². The topological polar surface area (TPSA) is 41.6 Å². The van der Waals surface area contributed by atoms with Crippen LogP contribution in [0.15, 0.2) is 24.3 Å². The van der Waals surface area contributed by atoms with E-state index >= 15 is 0 Å². The molecule has 4 nitrogen and oxygen atoms in total. The Bertz CT molecular complexity index is 548. The van der Waals surface area contributed by atoms with Crippen LogP contribution >= 0.6 is 24.0 Å². The zero-order chi connectivity index (χ0) is 16.2. The van der Waals surface area contributed by atoms with Gasteiger partial charge in [-0.15, -0.1) is 12.4 Å². The van der Waals surface area contributed by atoms with Crippen LogP contribution < -0.4 is 10.1 Å². The molecule has 0 aromatic heterocycles. The third-order valence-corrected chi connectivity index (χ3v) is 5.17. The van der Waals surface area contributed by atoms with E-state index in [0.717, 1.165) is 51.1 Å². The van der Waals surface area contributed by atoms with Crippen molar-refractivity contribution in [2.45, 2.75) is 44.8 Å². The second kappa shape index (κ2) is 8.93. The van der Waals surface area contributed by atoms with Gasteiger partial charge in [-0.1, -0.05) is 23.7 Å². The average Bonchev–Trinajstić information content (AvgIpc) is 2.57. The molecule has 2 atom stereocenters. The van der Waals surface area contributed by atoms with Crippen LogP contribution in [-0.2, 0) is 4.79 Å². The largest absolute Gasteiger partial charge is 0.489 e. The van der Waals surface area contributed by atoms with Crippen molar-refractivity contribution >= 4 is 29.9 Å². The first-order valence-electron chi connectivity index (χ1n) is 8.57. The molecule has 24 heavy (non-hydrogen) atoms. The van der Waals surface area contributed by atoms with Crippen molar-refractivity contribution in [3.05, 3.63) is 29.3 Å². The first kappa shape index (κ1) is 19.4. The fraction of sp³-hybridized carbons (Fsp3) is 0.611. The molecule has 2 fully saturated rings. The van der Waals surface area contributed by atoms with Gasteiger partial charge in [-0.25, -0.2) is 0 Å². The van der Waals surface area contributed by atoms with E-state index in [4.69, 9.17) is 16.3 Å². The number of hydrogen-bond acceptors (Lipinski definition) is 3. The highest BCUT2D eigenvalue weighted by Crippen LogP contribution is 2.27. The Hall–Kier alpha value is -0.970. The Morgan fingerprint density at radius 2 is 1.96 bits per heavy atom. The van der Waals surface area contributed by atoms with Gasteiger partial charge in [-0.2, -0.15) is 0 Å². The number of amides is 1. The van der Waals surface area contributed by atoms with E-state index in [0.29, 0.717) is 17.0 Å². The van der Waals surface area contributed by atoms with Crippen molar-refractivity contribution in [1.82, 2.24) is 10.2 Å². The summed E-state index contributed by atoms with van der Waals surface area (Å²) in [7, 11) is 0. The average molecular weight is 373 g/mol. The lowest BCUT2D eigenvalue weighted by molar-refractivity contribution is -0.138. The zero-order valence-electron chi connectivity index (χ0n) is 14.0. The highest BCUT2D eigenvalue weighted by molar-refractivity contribution is 6.32. The van der Waals surface area contributed by atoms with Gasteiger partial charge in [0.25, 0.3) is 0 Å². The lowest BCUT2D eigenvalue weighted by Crippen LogP contribution is -2.47. The summed E-state index contributed by atoms with van der Waals surface area (Å²) < 4.78 is 6.00. The zero-order valence-corrected chi connectivity index (χ0v) is 15.6. The molecule has 3 rings (SSSR count). The molecule has 134 valence electrons. The number of carbonyl (C=O) groups excluding carboxylic acids is 1. The maximum atomic E-state index is 12.7. The van der Waals surface area contributed by atoms with E-state index < -0.39 is 0 Å². The second-order valence-corrected chi connectivity index (χ2v) is 7.06. The molecule has 0 saturated carbocycles. The minimum atomic E-state index is 0. The molecular formula is C18H26Cl2N2O2. The van der Waals surface area contributed by atoms with Crippen molar-refractivity contribution in [3.8, 4) is 5.75 Å². The van der Waals surface area contributed by atoms with E-state index in [1.165, 1.54) is 0 Å². The molecule has 0 unspecified atom stereocenters. The van der Waals surface area contributed by atoms with Crippen molar-refractivity contribution in [2.75, 3.05) is 19.6 Å². The Labute approximate surface area is 155 Å². The SMILES string of the molecule is C[C@H]1C[C@@H](C(=O)N2CCC(Oc3ccccc3Cl)CC2)CCN1.Cl. The normalized spacial score (nSPS) is 25.0. The molecule has 0 spiro atoms. The van der Waals surface area contributed by atoms with Gasteiger partial charge < -0.3 is 15.0 Å². The van der Waals surface area contributed by atoms with E-state index in [-0.39, 0.29) is 24.4 Å². The third-order valence-electron chi connectivity index (χ3n) is 4.86. The molecule has 2 aliphatic heterocycles. The highest BCUT2D eigenvalue weighted by atomic mass is 35.5. The Morgan fingerprint density at radius 1 is 1.25 bits per heavy atom. The predicted octanol–water partition coefficient (Wildman–Crippen LogP) is 3.52. The molecule has 0 radical (unpaired) electrons. The van der Waals surface area contributed by atoms with Gasteiger partial charge in [0.2, 0.25) is 5.91 Å². The lowest BCUT2D eigenvalue weighted by atomic mass is 9.91. The molecule has 2 aliphatic rings. The minimum absolute atomic E-state index is 0. The van der Waals surface area contributed by atoms with E-state index in [1.54, 1.807) is 0 Å². The minimum Gasteiger partial charge on any atom is -0.489 e. The number of carbonyl (C=O) groups is 1. The molecule has 0 aliphatic carbocycles. The first-order valence-corrected chi connectivity index (χ1v) is 8.94. The standard InChI is InChI=1S/C18H25ClN2O2.ClH/c1-13-12-14(6-9-20-13)18(22)21-10-7-15(8-11-21)23-17-5-3-2-4-16(17)19;/h2-5,13-15,20H,6-12H2,1H3;1H/t13-,14-;/m0./s1. The molecule has 2 heterocycles. The van der Waals surface area contributed by atoms with Crippen molar-refractivity contribution in [2.24, 2.45) is 5.92 Å². The summed E-state index contributed by atoms with van der Waals surface area (Å²) in [6, 6.07) is 8.01. The maximum absolute atomic E-state index is 12.7. The quantitative estimate of drug-likeness (QED) is 0.882. The Kier molecular flexibility index (Phi) is 7.20. The monoisotopic (exact) mass is 372 g/mol. The van der Waals surface area contributed by atoms with Crippen LogP contribution in [0.4, 0.5) is 0 Å². The number of halogens is 2. The summed E-state index contributed by atoms with van der Waals surface area (Å²) >= 11 is 6.14. The molecule has 6 heteroatoms. The highest BCUT2D eigenvalue weighted by Gasteiger charge is 2.31. The number of nitrogens with one attached hydrogen (secondary N) is 1. The predicted molar refractivity (Wildman–Crippen MR) is 99.1 cm³/mol. The number of piperidine rings is 2. The second-order valence-electron chi connectivity index (χ2n) is 6.65. The lowest BCUT2D eigenvalue weighted by Gasteiger charge is -2.36. The van der Waals surface area contributed by atoms with Crippen molar-refractivity contribution in [3.63, 3.8) is 0 Å². The van der Waals surface area contributed by atoms with E-state index in [9.17, 15) is 4.79 Å². The molecule has 2 saturated heterocycles. The third kappa shape index (κ3) is 4.78. The summed E-state index contributed by atoms with van der Waals surface area (Å²) in [4.78, 5) is 14.7. The number of para-hydroxylation sites is 1. The van der Waals surface area contributed by atoms with Gasteiger partial charge in [0.1, 0.15) is 11.9 Å². The number of ether oxygens (including phenoxy) is 1. The van der Waals surface area contributed by atoms with Gasteiger partial charge in [0.15, 0.2) is 0 Å². The van der Waals surface area contributed by atoms with Crippen molar-refractivity contribution in [1.29, 1.82) is 0 Å². The van der Waals surface area contributed by atoms with Crippen LogP contribution in [0.2, 0.25) is 5.02 Å².